The smallest absolute Gasteiger partial charge is 0.407 e. The van der Waals surface area contributed by atoms with E-state index >= 15 is 0 Å². The van der Waals surface area contributed by atoms with Crippen LogP contribution in [-0.2, 0) is 27.4 Å². The molecule has 0 bridgehead atoms. The highest BCUT2D eigenvalue weighted by atomic mass is 19.1. The van der Waals surface area contributed by atoms with Crippen molar-refractivity contribution >= 4 is 23.8 Å². The molecule has 2 N–H and O–H groups in total. The van der Waals surface area contributed by atoms with Gasteiger partial charge in [0.25, 0.3) is 5.91 Å². The number of amides is 4. The van der Waals surface area contributed by atoms with Crippen LogP contribution in [0.5, 0.6) is 0 Å². The van der Waals surface area contributed by atoms with Crippen LogP contribution in [0.25, 0.3) is 0 Å². The van der Waals surface area contributed by atoms with E-state index in [0.717, 1.165) is 6.07 Å². The van der Waals surface area contributed by atoms with Crippen molar-refractivity contribution in [3.05, 3.63) is 34.6 Å². The predicted molar refractivity (Wildman–Crippen MR) is 100 cm³/mol. The maximum absolute atomic E-state index is 14.5. The van der Waals surface area contributed by atoms with Crippen LogP contribution >= 0.6 is 0 Å². The van der Waals surface area contributed by atoms with E-state index in [2.05, 4.69) is 10.6 Å². The van der Waals surface area contributed by atoms with E-state index in [0.29, 0.717) is 18.4 Å². The number of halogens is 1. The highest BCUT2D eigenvalue weighted by Gasteiger charge is 2.38. The fourth-order valence-corrected chi connectivity index (χ4v) is 3.45. The molecule has 156 valence electrons. The number of hydrogen-bond acceptors (Lipinski definition) is 5. The molecule has 0 aromatic heterocycles. The van der Waals surface area contributed by atoms with Crippen LogP contribution in [0.2, 0.25) is 0 Å². The lowest BCUT2D eigenvalue weighted by Crippen LogP contribution is -2.46. The minimum Gasteiger partial charge on any atom is -0.444 e. The molecule has 1 atom stereocenters. The Hall–Kier alpha value is -2.97. The molecule has 8 nitrogen and oxygen atoms in total. The van der Waals surface area contributed by atoms with Crippen molar-refractivity contribution < 1.29 is 28.3 Å². The fraction of sp³-hybridized carbons (Fsp3) is 0.500. The van der Waals surface area contributed by atoms with Gasteiger partial charge in [0.1, 0.15) is 17.5 Å². The number of hydrogen-bond donors (Lipinski definition) is 2. The molecule has 3 rings (SSSR count). The van der Waals surface area contributed by atoms with Gasteiger partial charge in [-0.05, 0) is 51.3 Å². The number of nitrogens with zero attached hydrogens (tertiary/aromatic N) is 1. The predicted octanol–water partition coefficient (Wildman–Crippen LogP) is 2.00. The van der Waals surface area contributed by atoms with Crippen molar-refractivity contribution in [2.24, 2.45) is 0 Å². The van der Waals surface area contributed by atoms with E-state index in [9.17, 15) is 23.6 Å². The lowest BCUT2D eigenvalue weighted by atomic mass is 10.1. The first-order chi connectivity index (χ1) is 13.5. The second-order valence-corrected chi connectivity index (χ2v) is 8.21. The van der Waals surface area contributed by atoms with Crippen LogP contribution in [0, 0.1) is 5.82 Å². The van der Waals surface area contributed by atoms with Gasteiger partial charge in [-0.1, -0.05) is 0 Å². The molecule has 0 radical (unpaired) electrons. The van der Waals surface area contributed by atoms with Crippen molar-refractivity contribution in [2.75, 3.05) is 0 Å². The third kappa shape index (κ3) is 4.72. The van der Waals surface area contributed by atoms with Crippen molar-refractivity contribution in [3.8, 4) is 0 Å². The summed E-state index contributed by atoms with van der Waals surface area (Å²) in [6, 6.07) is 1.87. The average Bonchev–Trinajstić information content (AvgIpc) is 2.79. The molecule has 2 aliphatic rings. The quantitative estimate of drug-likeness (QED) is 0.749. The number of carbonyl (C=O) groups excluding carboxylic acids is 4. The molecular weight excluding hydrogens is 381 g/mol. The number of alkyl carbamates (subject to hydrolysis) is 1. The zero-order chi connectivity index (χ0) is 21.3. The normalized spacial score (nSPS) is 19.5. The second-order valence-electron chi connectivity index (χ2n) is 8.21. The van der Waals surface area contributed by atoms with Crippen molar-refractivity contribution in [1.82, 2.24) is 15.5 Å². The molecule has 0 aliphatic carbocycles. The molecule has 0 saturated carbocycles. The summed E-state index contributed by atoms with van der Waals surface area (Å²) in [5, 5.41) is 4.78. The fourth-order valence-electron chi connectivity index (χ4n) is 3.45. The summed E-state index contributed by atoms with van der Waals surface area (Å²) < 4.78 is 19.6. The highest BCUT2D eigenvalue weighted by Crippen LogP contribution is 2.29. The molecular formula is C20H24FN3O5. The Morgan fingerprint density at radius 1 is 1.31 bits per heavy atom. The van der Waals surface area contributed by atoms with Gasteiger partial charge in [-0.25, -0.2) is 9.18 Å². The zero-order valence-corrected chi connectivity index (χ0v) is 16.6. The van der Waals surface area contributed by atoms with Crippen LogP contribution in [0.1, 0.15) is 61.5 Å². The molecule has 1 aromatic carbocycles. The summed E-state index contributed by atoms with van der Waals surface area (Å²) in [5.41, 5.74) is 0.297. The van der Waals surface area contributed by atoms with E-state index in [1.165, 1.54) is 11.0 Å². The molecule has 4 amide bonds. The van der Waals surface area contributed by atoms with E-state index < -0.39 is 35.4 Å². The van der Waals surface area contributed by atoms with Gasteiger partial charge in [-0.3, -0.25) is 19.7 Å². The third-order valence-corrected chi connectivity index (χ3v) is 4.75. The van der Waals surface area contributed by atoms with E-state index in [4.69, 9.17) is 4.74 Å². The molecule has 0 spiro atoms. The number of benzene rings is 1. The number of fused-ring (bicyclic) bond motifs is 1. The molecule has 1 fully saturated rings. The summed E-state index contributed by atoms with van der Waals surface area (Å²) in [6.45, 7) is 5.21. The number of rotatable bonds is 3. The molecule has 9 heteroatoms. The van der Waals surface area contributed by atoms with Crippen molar-refractivity contribution in [1.29, 1.82) is 0 Å². The van der Waals surface area contributed by atoms with E-state index in [1.54, 1.807) is 20.8 Å². The van der Waals surface area contributed by atoms with Gasteiger partial charge in [0.15, 0.2) is 0 Å². The second kappa shape index (κ2) is 7.81. The lowest BCUT2D eigenvalue weighted by molar-refractivity contribution is -0.132. The van der Waals surface area contributed by atoms with Crippen LogP contribution in [0.4, 0.5) is 9.18 Å². The number of carbonyl (C=O) groups is 4. The summed E-state index contributed by atoms with van der Waals surface area (Å²) in [5.74, 6) is -1.94. The molecule has 29 heavy (non-hydrogen) atoms. The summed E-state index contributed by atoms with van der Waals surface area (Å²) >= 11 is 0. The number of ether oxygens (including phenoxy) is 1. The Balaban J connectivity index is 1.74. The molecule has 1 saturated heterocycles. The number of nitrogens with one attached hydrogen (secondary N) is 2. The van der Waals surface area contributed by atoms with Gasteiger partial charge in [-0.2, -0.15) is 0 Å². The van der Waals surface area contributed by atoms with Gasteiger partial charge < -0.3 is 15.0 Å². The van der Waals surface area contributed by atoms with Crippen LogP contribution in [0.15, 0.2) is 12.1 Å². The van der Waals surface area contributed by atoms with Gasteiger partial charge >= 0.3 is 6.09 Å². The Labute approximate surface area is 167 Å². The Morgan fingerprint density at radius 2 is 2.03 bits per heavy atom. The molecule has 0 unspecified atom stereocenters. The van der Waals surface area contributed by atoms with Gasteiger partial charge in [0, 0.05) is 30.6 Å². The van der Waals surface area contributed by atoms with E-state index in [-0.39, 0.29) is 36.5 Å². The third-order valence-electron chi connectivity index (χ3n) is 4.75. The maximum atomic E-state index is 14.5. The van der Waals surface area contributed by atoms with Crippen LogP contribution < -0.4 is 10.6 Å². The Morgan fingerprint density at radius 3 is 2.72 bits per heavy atom. The number of imide groups is 1. The SMILES string of the molecule is CC(C)(C)OC(=O)NCc1cc2c(cc1F)C(=O)N([C@H]1CCCC(=O)NC1=O)C2. The largest absolute Gasteiger partial charge is 0.444 e. The van der Waals surface area contributed by atoms with Crippen LogP contribution in [0.3, 0.4) is 0 Å². The highest BCUT2D eigenvalue weighted by molar-refractivity contribution is 6.04. The molecule has 2 heterocycles. The minimum atomic E-state index is -0.771. The monoisotopic (exact) mass is 405 g/mol. The minimum absolute atomic E-state index is 0.0966. The van der Waals surface area contributed by atoms with Gasteiger partial charge in [-0.15, -0.1) is 0 Å². The topological polar surface area (TPSA) is 105 Å². The van der Waals surface area contributed by atoms with Crippen LogP contribution in [-0.4, -0.2) is 40.4 Å². The Kier molecular flexibility index (Phi) is 5.59. The van der Waals surface area contributed by atoms with Gasteiger partial charge in [0.05, 0.1) is 0 Å². The summed E-state index contributed by atoms with van der Waals surface area (Å²) in [4.78, 5) is 49.7. The van der Waals surface area contributed by atoms with E-state index in [1.807, 2.05) is 0 Å². The first-order valence-electron chi connectivity index (χ1n) is 9.48. The standard InChI is InChI=1S/C20H24FN3O5/c1-20(2,3)29-19(28)22-9-11-7-12-10-24(18(27)13(12)8-14(11)21)15-5-4-6-16(25)23-17(15)26/h7-8,15H,4-6,9-10H2,1-3H3,(H,22,28)(H,23,25,26)/t15-/m0/s1. The Bertz CT molecular complexity index is 878. The lowest BCUT2D eigenvalue weighted by Gasteiger charge is -2.24. The molecule has 2 aliphatic heterocycles. The zero-order valence-electron chi connectivity index (χ0n) is 16.6. The van der Waals surface area contributed by atoms with Crippen molar-refractivity contribution in [2.45, 2.75) is 64.8 Å². The molecule has 1 aromatic rings. The van der Waals surface area contributed by atoms with Crippen molar-refractivity contribution in [3.63, 3.8) is 0 Å². The summed E-state index contributed by atoms with van der Waals surface area (Å²) in [7, 11) is 0. The van der Waals surface area contributed by atoms with Gasteiger partial charge in [0.2, 0.25) is 11.8 Å². The average molecular weight is 405 g/mol. The first kappa shape index (κ1) is 20.8. The maximum Gasteiger partial charge on any atom is 0.407 e. The summed E-state index contributed by atoms with van der Waals surface area (Å²) in [6.07, 6.45) is 0.413. The first-order valence-corrected chi connectivity index (χ1v) is 9.48.